The number of hydrogen-bond donors (Lipinski definition) is 1. The summed E-state index contributed by atoms with van der Waals surface area (Å²) < 4.78 is 16.4. The van der Waals surface area contributed by atoms with Gasteiger partial charge in [-0.15, -0.1) is 0 Å². The number of unbranched alkanes of at least 4 members (excludes halogenated alkanes) is 1. The summed E-state index contributed by atoms with van der Waals surface area (Å²) in [6.07, 6.45) is 5.87. The monoisotopic (exact) mass is 343 g/mol. The van der Waals surface area contributed by atoms with Crippen molar-refractivity contribution in [3.63, 3.8) is 0 Å². The second-order valence-corrected chi connectivity index (χ2v) is 6.32. The number of hydrogen-bond acceptors (Lipinski definition) is 4. The smallest absolute Gasteiger partial charge is 0.193 e. The van der Waals surface area contributed by atoms with Crippen LogP contribution >= 0.6 is 0 Å². The highest BCUT2D eigenvalue weighted by Crippen LogP contribution is 2.18. The minimum atomic E-state index is 0.656. The predicted octanol–water partition coefficient (Wildman–Crippen LogP) is 2.14. The van der Waals surface area contributed by atoms with Gasteiger partial charge >= 0.3 is 0 Å². The third kappa shape index (κ3) is 10.1. The fourth-order valence-electron chi connectivity index (χ4n) is 2.71. The van der Waals surface area contributed by atoms with Crippen LogP contribution in [0, 0.1) is 5.92 Å². The van der Waals surface area contributed by atoms with Gasteiger partial charge in [0.05, 0.1) is 19.8 Å². The van der Waals surface area contributed by atoms with Crippen LogP contribution < -0.4 is 5.32 Å². The van der Waals surface area contributed by atoms with Crippen LogP contribution in [0.3, 0.4) is 0 Å². The molecule has 1 saturated heterocycles. The molecule has 1 aliphatic rings. The molecule has 0 aromatic heterocycles. The van der Waals surface area contributed by atoms with Crippen molar-refractivity contribution in [1.29, 1.82) is 0 Å². The average Bonchev–Trinajstić information content (AvgIpc) is 2.62. The van der Waals surface area contributed by atoms with Gasteiger partial charge in [0.15, 0.2) is 5.96 Å². The van der Waals surface area contributed by atoms with E-state index in [9.17, 15) is 0 Å². The molecule has 0 radical (unpaired) electrons. The van der Waals surface area contributed by atoms with Crippen LogP contribution in [-0.4, -0.2) is 77.7 Å². The molecule has 1 aliphatic heterocycles. The molecule has 0 bridgehead atoms. The van der Waals surface area contributed by atoms with E-state index in [1.807, 2.05) is 7.05 Å². The van der Waals surface area contributed by atoms with Crippen LogP contribution in [0.25, 0.3) is 0 Å². The van der Waals surface area contributed by atoms with Gasteiger partial charge in [-0.25, -0.2) is 0 Å². The maximum Gasteiger partial charge on any atom is 0.193 e. The van der Waals surface area contributed by atoms with Crippen LogP contribution in [0.2, 0.25) is 0 Å². The minimum Gasteiger partial charge on any atom is -0.381 e. The number of aliphatic imine (C=N–C) groups is 1. The summed E-state index contributed by atoms with van der Waals surface area (Å²) in [5, 5.41) is 3.35. The van der Waals surface area contributed by atoms with E-state index in [0.29, 0.717) is 19.8 Å². The third-order valence-electron chi connectivity index (χ3n) is 4.33. The van der Waals surface area contributed by atoms with E-state index in [1.54, 1.807) is 0 Å². The van der Waals surface area contributed by atoms with Crippen LogP contribution in [0.5, 0.6) is 0 Å². The molecule has 1 fully saturated rings. The van der Waals surface area contributed by atoms with E-state index >= 15 is 0 Å². The normalized spacial score (nSPS) is 16.4. The van der Waals surface area contributed by atoms with E-state index in [4.69, 9.17) is 14.2 Å². The highest BCUT2D eigenvalue weighted by Gasteiger charge is 2.15. The van der Waals surface area contributed by atoms with Crippen molar-refractivity contribution in [3.05, 3.63) is 0 Å². The molecule has 0 aromatic carbocycles. The van der Waals surface area contributed by atoms with Gasteiger partial charge in [-0.2, -0.15) is 0 Å². The lowest BCUT2D eigenvalue weighted by molar-refractivity contribution is 0.0485. The quantitative estimate of drug-likeness (QED) is 0.334. The van der Waals surface area contributed by atoms with E-state index in [1.165, 1.54) is 25.7 Å². The molecule has 0 spiro atoms. The zero-order chi connectivity index (χ0) is 17.5. The molecule has 0 atom stereocenters. The zero-order valence-electron chi connectivity index (χ0n) is 15.9. The van der Waals surface area contributed by atoms with Crippen molar-refractivity contribution in [2.24, 2.45) is 10.9 Å². The van der Waals surface area contributed by atoms with Crippen molar-refractivity contribution < 1.29 is 14.2 Å². The summed E-state index contributed by atoms with van der Waals surface area (Å²) in [5.41, 5.74) is 0. The summed E-state index contributed by atoms with van der Waals surface area (Å²) in [7, 11) is 3.92. The number of guanidine groups is 1. The Morgan fingerprint density at radius 2 is 1.88 bits per heavy atom. The summed E-state index contributed by atoms with van der Waals surface area (Å²) in [6.45, 7) is 8.64. The Morgan fingerprint density at radius 3 is 2.54 bits per heavy atom. The van der Waals surface area contributed by atoms with Gasteiger partial charge in [-0.1, -0.05) is 13.3 Å². The lowest BCUT2D eigenvalue weighted by atomic mass is 9.96. The summed E-state index contributed by atoms with van der Waals surface area (Å²) in [6, 6.07) is 0. The molecule has 6 heteroatoms. The maximum atomic E-state index is 5.57. The van der Waals surface area contributed by atoms with Crippen molar-refractivity contribution in [2.45, 2.75) is 39.0 Å². The average molecular weight is 344 g/mol. The first-order valence-electron chi connectivity index (χ1n) is 9.43. The summed E-state index contributed by atoms with van der Waals surface area (Å²) in [4.78, 5) is 6.54. The second kappa shape index (κ2) is 14.5. The molecule has 0 aliphatic carbocycles. The fraction of sp³-hybridized carbons (Fsp3) is 0.944. The number of rotatable bonds is 12. The van der Waals surface area contributed by atoms with Gasteiger partial charge < -0.3 is 24.4 Å². The van der Waals surface area contributed by atoms with Crippen molar-refractivity contribution in [1.82, 2.24) is 10.2 Å². The molecule has 0 amide bonds. The number of nitrogens with zero attached hydrogens (tertiary/aromatic N) is 2. The highest BCUT2D eigenvalue weighted by atomic mass is 16.5. The van der Waals surface area contributed by atoms with Gasteiger partial charge in [-0.05, 0) is 31.6 Å². The van der Waals surface area contributed by atoms with Gasteiger partial charge in [0, 0.05) is 47.0 Å². The van der Waals surface area contributed by atoms with Gasteiger partial charge in [-0.3, -0.25) is 4.99 Å². The van der Waals surface area contributed by atoms with E-state index in [0.717, 1.165) is 51.2 Å². The fourth-order valence-corrected chi connectivity index (χ4v) is 2.71. The minimum absolute atomic E-state index is 0.656. The Hall–Kier alpha value is -0.850. The van der Waals surface area contributed by atoms with E-state index in [2.05, 4.69) is 29.2 Å². The molecular formula is C18H37N3O3. The Bertz CT molecular complexity index is 321. The lowest BCUT2D eigenvalue weighted by Gasteiger charge is -2.26. The third-order valence-corrected chi connectivity index (χ3v) is 4.33. The van der Waals surface area contributed by atoms with Gasteiger partial charge in [0.2, 0.25) is 0 Å². The predicted molar refractivity (Wildman–Crippen MR) is 98.7 cm³/mol. The van der Waals surface area contributed by atoms with Gasteiger partial charge in [0.1, 0.15) is 0 Å². The summed E-state index contributed by atoms with van der Waals surface area (Å²) >= 11 is 0. The molecule has 1 N–H and O–H groups in total. The first-order chi connectivity index (χ1) is 11.8. The molecule has 6 nitrogen and oxygen atoms in total. The molecule has 0 aromatic rings. The van der Waals surface area contributed by atoms with Gasteiger partial charge in [0.25, 0.3) is 0 Å². The highest BCUT2D eigenvalue weighted by molar-refractivity contribution is 5.79. The standard InChI is InChI=1S/C18H37N3O3/c1-4-5-11-22-15-16-24-14-9-20-18(19-2)21(3)10-6-17-7-12-23-13-8-17/h17H,4-16H2,1-3H3,(H,19,20). The van der Waals surface area contributed by atoms with Crippen LogP contribution in [-0.2, 0) is 14.2 Å². The molecule has 24 heavy (non-hydrogen) atoms. The zero-order valence-corrected chi connectivity index (χ0v) is 15.9. The molecule has 0 saturated carbocycles. The molecule has 0 unspecified atom stereocenters. The molecular weight excluding hydrogens is 306 g/mol. The molecule has 142 valence electrons. The summed E-state index contributed by atoms with van der Waals surface area (Å²) in [5.74, 6) is 1.72. The first kappa shape index (κ1) is 21.2. The molecule has 1 heterocycles. The SMILES string of the molecule is CCCCOCCOCCNC(=NC)N(C)CCC1CCOCC1. The van der Waals surface area contributed by atoms with Crippen LogP contribution in [0.15, 0.2) is 4.99 Å². The van der Waals surface area contributed by atoms with E-state index < -0.39 is 0 Å². The van der Waals surface area contributed by atoms with Crippen LogP contribution in [0.4, 0.5) is 0 Å². The van der Waals surface area contributed by atoms with Crippen molar-refractivity contribution >= 4 is 5.96 Å². The largest absolute Gasteiger partial charge is 0.381 e. The number of nitrogens with one attached hydrogen (secondary N) is 1. The topological polar surface area (TPSA) is 55.3 Å². The first-order valence-corrected chi connectivity index (χ1v) is 9.43. The Labute approximate surface area is 147 Å². The Balaban J connectivity index is 2.02. The van der Waals surface area contributed by atoms with Crippen molar-refractivity contribution in [3.8, 4) is 0 Å². The Morgan fingerprint density at radius 1 is 1.17 bits per heavy atom. The van der Waals surface area contributed by atoms with E-state index in [-0.39, 0.29) is 0 Å². The molecule has 1 rings (SSSR count). The lowest BCUT2D eigenvalue weighted by Crippen LogP contribution is -2.41. The Kier molecular flexibility index (Phi) is 12.8. The number of ether oxygens (including phenoxy) is 3. The second-order valence-electron chi connectivity index (χ2n) is 6.32. The van der Waals surface area contributed by atoms with Crippen molar-refractivity contribution in [2.75, 3.05) is 66.8 Å². The van der Waals surface area contributed by atoms with Crippen LogP contribution in [0.1, 0.15) is 39.0 Å². The maximum absolute atomic E-state index is 5.57.